The summed E-state index contributed by atoms with van der Waals surface area (Å²) >= 11 is 0. The number of nitrogens with one attached hydrogen (secondary N) is 1. The molecule has 0 aliphatic carbocycles. The third-order valence-electron chi connectivity index (χ3n) is 5.12. The standard InChI is InChI=1S/C22H27F3N4O3/c23-22(24,25)18-3-1-17(2-4-18)20(15-19-16-26-6-7-27-19)32-12-5-21(30)28-8-9-29-10-13-31-14-11-29/h1-4,6-7,16,20H,5,8-15H2,(H,28,30). The van der Waals surface area contributed by atoms with Gasteiger partial charge in [-0.15, -0.1) is 0 Å². The Kier molecular flexibility index (Phi) is 8.95. The zero-order chi connectivity index (χ0) is 22.8. The maximum Gasteiger partial charge on any atom is 0.416 e. The van der Waals surface area contributed by atoms with Gasteiger partial charge < -0.3 is 14.8 Å². The quantitative estimate of drug-likeness (QED) is 0.597. The van der Waals surface area contributed by atoms with E-state index in [4.69, 9.17) is 9.47 Å². The summed E-state index contributed by atoms with van der Waals surface area (Å²) < 4.78 is 49.8. The molecule has 3 rings (SSSR count). The van der Waals surface area contributed by atoms with Crippen LogP contribution in [0.5, 0.6) is 0 Å². The largest absolute Gasteiger partial charge is 0.416 e. The fraction of sp³-hybridized carbons (Fsp3) is 0.500. The van der Waals surface area contributed by atoms with Crippen LogP contribution in [0.2, 0.25) is 0 Å². The molecule has 1 aromatic carbocycles. The van der Waals surface area contributed by atoms with E-state index in [0.717, 1.165) is 31.8 Å². The highest BCUT2D eigenvalue weighted by molar-refractivity contribution is 5.75. The minimum Gasteiger partial charge on any atom is -0.379 e. The number of carbonyl (C=O) groups is 1. The maximum atomic E-state index is 12.9. The number of rotatable bonds is 10. The van der Waals surface area contributed by atoms with Crippen LogP contribution in [0.15, 0.2) is 42.9 Å². The number of ether oxygens (including phenoxy) is 2. The average molecular weight is 452 g/mol. The molecule has 1 aliphatic heterocycles. The average Bonchev–Trinajstić information content (AvgIpc) is 2.79. The van der Waals surface area contributed by atoms with Crippen LogP contribution < -0.4 is 5.32 Å². The first kappa shape index (κ1) is 24.1. The molecule has 0 saturated carbocycles. The lowest BCUT2D eigenvalue weighted by Crippen LogP contribution is -2.41. The first-order chi connectivity index (χ1) is 15.4. The van der Waals surface area contributed by atoms with Crippen LogP contribution in [-0.4, -0.2) is 66.8 Å². The third-order valence-corrected chi connectivity index (χ3v) is 5.12. The highest BCUT2D eigenvalue weighted by Crippen LogP contribution is 2.31. The van der Waals surface area contributed by atoms with Crippen molar-refractivity contribution in [3.05, 3.63) is 59.7 Å². The van der Waals surface area contributed by atoms with Crippen LogP contribution >= 0.6 is 0 Å². The Bertz CT molecular complexity index is 829. The summed E-state index contributed by atoms with van der Waals surface area (Å²) in [6, 6.07) is 4.85. The third kappa shape index (κ3) is 7.85. The molecular weight excluding hydrogens is 425 g/mol. The normalized spacial score (nSPS) is 16.0. The molecule has 2 aromatic rings. The zero-order valence-corrected chi connectivity index (χ0v) is 17.7. The Morgan fingerprint density at radius 1 is 1.19 bits per heavy atom. The number of amides is 1. The van der Waals surface area contributed by atoms with Crippen molar-refractivity contribution in [2.24, 2.45) is 0 Å². The van der Waals surface area contributed by atoms with Gasteiger partial charge in [-0.2, -0.15) is 13.2 Å². The monoisotopic (exact) mass is 452 g/mol. The van der Waals surface area contributed by atoms with Crippen molar-refractivity contribution in [2.75, 3.05) is 46.0 Å². The Morgan fingerprint density at radius 3 is 2.59 bits per heavy atom. The lowest BCUT2D eigenvalue weighted by atomic mass is 10.0. The van der Waals surface area contributed by atoms with E-state index in [1.807, 2.05) is 0 Å². The van der Waals surface area contributed by atoms with Gasteiger partial charge in [0.25, 0.3) is 0 Å². The summed E-state index contributed by atoms with van der Waals surface area (Å²) in [6.45, 7) is 4.57. The molecule has 1 unspecified atom stereocenters. The number of carbonyl (C=O) groups excluding carboxylic acids is 1. The van der Waals surface area contributed by atoms with Gasteiger partial charge >= 0.3 is 6.18 Å². The Hall–Kier alpha value is -2.56. The Labute approximate surface area is 184 Å². The molecule has 0 bridgehead atoms. The molecule has 2 heterocycles. The Balaban J connectivity index is 1.51. The van der Waals surface area contributed by atoms with Crippen molar-refractivity contribution < 1.29 is 27.4 Å². The van der Waals surface area contributed by atoms with Gasteiger partial charge in [0.2, 0.25) is 5.91 Å². The van der Waals surface area contributed by atoms with E-state index >= 15 is 0 Å². The van der Waals surface area contributed by atoms with Crippen LogP contribution in [0.4, 0.5) is 13.2 Å². The molecular formula is C22H27F3N4O3. The van der Waals surface area contributed by atoms with Crippen LogP contribution in [0, 0.1) is 0 Å². The molecule has 0 radical (unpaired) electrons. The van der Waals surface area contributed by atoms with Gasteiger partial charge in [0, 0.05) is 57.6 Å². The van der Waals surface area contributed by atoms with Crippen molar-refractivity contribution in [1.82, 2.24) is 20.2 Å². The molecule has 1 atom stereocenters. The predicted octanol–water partition coefficient (Wildman–Crippen LogP) is 2.63. The summed E-state index contributed by atoms with van der Waals surface area (Å²) in [5, 5.41) is 2.87. The number of morpholine rings is 1. The molecule has 7 nitrogen and oxygen atoms in total. The van der Waals surface area contributed by atoms with Crippen molar-refractivity contribution in [3.63, 3.8) is 0 Å². The van der Waals surface area contributed by atoms with Crippen molar-refractivity contribution in [2.45, 2.75) is 25.1 Å². The summed E-state index contributed by atoms with van der Waals surface area (Å²) in [7, 11) is 0. The van der Waals surface area contributed by atoms with Gasteiger partial charge in [-0.3, -0.25) is 19.7 Å². The number of alkyl halides is 3. The van der Waals surface area contributed by atoms with Gasteiger partial charge in [0.05, 0.1) is 37.2 Å². The number of hydrogen-bond acceptors (Lipinski definition) is 6. The van der Waals surface area contributed by atoms with Gasteiger partial charge in [-0.25, -0.2) is 0 Å². The SMILES string of the molecule is O=C(CCOC(Cc1cnccn1)c1ccc(C(F)(F)F)cc1)NCCN1CCOCC1. The molecule has 1 amide bonds. The van der Waals surface area contributed by atoms with Crippen molar-refractivity contribution >= 4 is 5.91 Å². The second kappa shape index (κ2) is 11.9. The van der Waals surface area contributed by atoms with Gasteiger partial charge in [-0.1, -0.05) is 12.1 Å². The molecule has 1 saturated heterocycles. The molecule has 1 N–H and O–H groups in total. The van der Waals surface area contributed by atoms with Gasteiger partial charge in [0.1, 0.15) is 0 Å². The first-order valence-corrected chi connectivity index (χ1v) is 10.5. The number of halogens is 3. The van der Waals surface area contributed by atoms with E-state index in [9.17, 15) is 18.0 Å². The summed E-state index contributed by atoms with van der Waals surface area (Å²) in [5.41, 5.74) is 0.503. The highest BCUT2D eigenvalue weighted by atomic mass is 19.4. The lowest BCUT2D eigenvalue weighted by molar-refractivity contribution is -0.137. The fourth-order valence-corrected chi connectivity index (χ4v) is 3.35. The van der Waals surface area contributed by atoms with Gasteiger partial charge in [-0.05, 0) is 17.7 Å². The van der Waals surface area contributed by atoms with E-state index in [1.54, 1.807) is 18.6 Å². The second-order valence-corrected chi connectivity index (χ2v) is 7.43. The Morgan fingerprint density at radius 2 is 1.94 bits per heavy atom. The van der Waals surface area contributed by atoms with Crippen molar-refractivity contribution in [1.29, 1.82) is 0 Å². The smallest absolute Gasteiger partial charge is 0.379 e. The molecule has 174 valence electrons. The number of nitrogens with zero attached hydrogens (tertiary/aromatic N) is 3. The summed E-state index contributed by atoms with van der Waals surface area (Å²) in [5.74, 6) is -0.135. The molecule has 32 heavy (non-hydrogen) atoms. The topological polar surface area (TPSA) is 76.6 Å². The number of benzene rings is 1. The predicted molar refractivity (Wildman–Crippen MR) is 111 cm³/mol. The van der Waals surface area contributed by atoms with E-state index in [2.05, 4.69) is 20.2 Å². The lowest BCUT2D eigenvalue weighted by Gasteiger charge is -2.26. The van der Waals surface area contributed by atoms with Gasteiger partial charge in [0.15, 0.2) is 0 Å². The second-order valence-electron chi connectivity index (χ2n) is 7.43. The van der Waals surface area contributed by atoms with Crippen LogP contribution in [0.1, 0.15) is 29.3 Å². The van der Waals surface area contributed by atoms with Crippen LogP contribution in [-0.2, 0) is 26.9 Å². The molecule has 1 aliphatic rings. The number of aromatic nitrogens is 2. The van der Waals surface area contributed by atoms with Crippen molar-refractivity contribution in [3.8, 4) is 0 Å². The van der Waals surface area contributed by atoms with Crippen LogP contribution in [0.3, 0.4) is 0 Å². The van der Waals surface area contributed by atoms with E-state index in [-0.39, 0.29) is 18.9 Å². The highest BCUT2D eigenvalue weighted by Gasteiger charge is 2.30. The van der Waals surface area contributed by atoms with E-state index in [0.29, 0.717) is 37.4 Å². The fourth-order valence-electron chi connectivity index (χ4n) is 3.35. The molecule has 1 aromatic heterocycles. The molecule has 10 heteroatoms. The summed E-state index contributed by atoms with van der Waals surface area (Å²) in [4.78, 5) is 22.6. The van der Waals surface area contributed by atoms with E-state index in [1.165, 1.54) is 12.1 Å². The van der Waals surface area contributed by atoms with Crippen LogP contribution in [0.25, 0.3) is 0 Å². The number of hydrogen-bond donors (Lipinski definition) is 1. The minimum absolute atomic E-state index is 0.134. The summed E-state index contributed by atoms with van der Waals surface area (Å²) in [6.07, 6.45) is 0.200. The minimum atomic E-state index is -4.40. The first-order valence-electron chi connectivity index (χ1n) is 10.5. The molecule has 1 fully saturated rings. The van der Waals surface area contributed by atoms with E-state index < -0.39 is 17.8 Å². The maximum absolute atomic E-state index is 12.9. The zero-order valence-electron chi connectivity index (χ0n) is 17.7. The molecule has 0 spiro atoms.